The summed E-state index contributed by atoms with van der Waals surface area (Å²) < 4.78 is 30.1. The maximum absolute atomic E-state index is 13.6. The molecule has 0 radical (unpaired) electrons. The third kappa shape index (κ3) is 8.97. The Morgan fingerprint density at radius 1 is 0.939 bits per heavy atom. The quantitative estimate of drug-likeness (QED) is 0.167. The van der Waals surface area contributed by atoms with Gasteiger partial charge >= 0.3 is 19.2 Å². The largest absolute Gasteiger partial charge is 0.492 e. The Hall–Kier alpha value is -3.57. The lowest BCUT2D eigenvalue weighted by molar-refractivity contribution is -0.199. The van der Waals surface area contributed by atoms with Crippen molar-refractivity contribution in [3.8, 4) is 5.75 Å². The SMILES string of the molecule is CC(C)(C)OC(=O)NCCOc1cccc(CC(=O)NC(Cc2cccc(C(=O)OC(C)(C)C)c2)B2OC3CC4CC(C4(C)C)C3(C)O2)c1. The molecule has 0 spiro atoms. The van der Waals surface area contributed by atoms with Gasteiger partial charge in [-0.3, -0.25) is 4.79 Å². The van der Waals surface area contributed by atoms with E-state index in [1.165, 1.54) is 0 Å². The van der Waals surface area contributed by atoms with Crippen LogP contribution in [0.3, 0.4) is 0 Å². The van der Waals surface area contributed by atoms with Gasteiger partial charge in [0.05, 0.1) is 36.2 Å². The molecular formula is C38H53BN2O8. The molecule has 1 aliphatic heterocycles. The van der Waals surface area contributed by atoms with E-state index >= 15 is 0 Å². The Balaban J connectivity index is 1.26. The van der Waals surface area contributed by atoms with Crippen LogP contribution in [-0.4, -0.2) is 67.1 Å². The number of carbonyl (C=O) groups excluding carboxylic acids is 3. The standard InChI is InChI=1S/C38H53BN2O8/c1-35(2,3)46-33(43)26-14-10-12-24(18-26)20-31(39-48-30-23-27-22-29(37(27,7)8)38(30,9)49-39)41-32(42)21-25-13-11-15-28(19-25)45-17-16-40-34(44)47-36(4,5)6/h10-15,18-19,27,29-31H,16-17,20-23H2,1-9H3,(H,40,44)(H,41,42). The second kappa shape index (κ2) is 14.0. The van der Waals surface area contributed by atoms with Crippen LogP contribution in [0, 0.1) is 17.3 Å². The third-order valence-corrected chi connectivity index (χ3v) is 9.96. The third-order valence-electron chi connectivity index (χ3n) is 9.96. The van der Waals surface area contributed by atoms with E-state index < -0.39 is 41.9 Å². The minimum atomic E-state index is -0.647. The number of esters is 1. The predicted molar refractivity (Wildman–Crippen MR) is 187 cm³/mol. The molecule has 6 rings (SSSR count). The van der Waals surface area contributed by atoms with Gasteiger partial charge in [0.1, 0.15) is 23.6 Å². The van der Waals surface area contributed by atoms with Crippen LogP contribution in [0.25, 0.3) is 0 Å². The molecule has 0 aromatic heterocycles. The molecule has 5 unspecified atom stereocenters. The van der Waals surface area contributed by atoms with Crippen LogP contribution < -0.4 is 15.4 Å². The number of alkyl carbamates (subject to hydrolysis) is 1. The zero-order chi connectivity index (χ0) is 35.8. The summed E-state index contributed by atoms with van der Waals surface area (Å²) in [5.74, 6) is 0.484. The fourth-order valence-corrected chi connectivity index (χ4v) is 7.53. The lowest BCUT2D eigenvalue weighted by Gasteiger charge is -2.64. The minimum absolute atomic E-state index is 0.0413. The highest BCUT2D eigenvalue weighted by Crippen LogP contribution is 2.65. The number of carbonyl (C=O) groups is 3. The lowest BCUT2D eigenvalue weighted by atomic mass is 9.43. The van der Waals surface area contributed by atoms with Crippen molar-refractivity contribution in [1.82, 2.24) is 10.6 Å². The van der Waals surface area contributed by atoms with Crippen LogP contribution in [0.5, 0.6) is 5.75 Å². The molecule has 5 atom stereocenters. The van der Waals surface area contributed by atoms with Gasteiger partial charge in [0.15, 0.2) is 0 Å². The van der Waals surface area contributed by atoms with Crippen molar-refractivity contribution < 1.29 is 37.9 Å². The van der Waals surface area contributed by atoms with Gasteiger partial charge in [0.25, 0.3) is 0 Å². The summed E-state index contributed by atoms with van der Waals surface area (Å²) in [4.78, 5) is 38.4. The molecule has 2 amide bonds. The Morgan fingerprint density at radius 2 is 1.63 bits per heavy atom. The Labute approximate surface area is 291 Å². The number of hydrogen-bond acceptors (Lipinski definition) is 8. The van der Waals surface area contributed by atoms with Crippen LogP contribution in [0.4, 0.5) is 4.79 Å². The molecule has 11 heteroatoms. The van der Waals surface area contributed by atoms with E-state index in [2.05, 4.69) is 31.4 Å². The maximum atomic E-state index is 13.6. The second-order valence-corrected chi connectivity index (χ2v) is 16.5. The highest BCUT2D eigenvalue weighted by atomic mass is 16.7. The van der Waals surface area contributed by atoms with Gasteiger partial charge < -0.3 is 34.2 Å². The summed E-state index contributed by atoms with van der Waals surface area (Å²) in [5.41, 5.74) is 0.642. The molecule has 49 heavy (non-hydrogen) atoms. The first-order valence-corrected chi connectivity index (χ1v) is 17.5. The molecule has 3 aliphatic carbocycles. The van der Waals surface area contributed by atoms with Crippen molar-refractivity contribution >= 4 is 25.1 Å². The van der Waals surface area contributed by atoms with E-state index in [1.54, 1.807) is 26.8 Å². The van der Waals surface area contributed by atoms with Gasteiger partial charge in [-0.25, -0.2) is 9.59 Å². The van der Waals surface area contributed by atoms with Gasteiger partial charge in [0.2, 0.25) is 5.91 Å². The zero-order valence-electron chi connectivity index (χ0n) is 30.5. The first-order chi connectivity index (χ1) is 22.8. The van der Waals surface area contributed by atoms with Crippen molar-refractivity contribution in [2.24, 2.45) is 17.3 Å². The Kier molecular flexibility index (Phi) is 10.5. The highest BCUT2D eigenvalue weighted by molar-refractivity contribution is 6.48. The minimum Gasteiger partial charge on any atom is -0.492 e. The normalized spacial score (nSPS) is 24.6. The Bertz CT molecular complexity index is 1530. The van der Waals surface area contributed by atoms with E-state index in [-0.39, 0.29) is 37.0 Å². The Morgan fingerprint density at radius 3 is 2.33 bits per heavy atom. The van der Waals surface area contributed by atoms with Gasteiger partial charge in [-0.05, 0) is 120 Å². The fraction of sp³-hybridized carbons (Fsp3) is 0.605. The molecule has 4 aliphatic rings. The molecule has 266 valence electrons. The molecule has 2 aromatic carbocycles. The summed E-state index contributed by atoms with van der Waals surface area (Å²) in [6.07, 6.45) is 2.04. The van der Waals surface area contributed by atoms with E-state index in [0.717, 1.165) is 24.0 Å². The monoisotopic (exact) mass is 676 g/mol. The number of benzene rings is 2. The number of amides is 2. The van der Waals surface area contributed by atoms with Gasteiger partial charge in [-0.15, -0.1) is 0 Å². The second-order valence-electron chi connectivity index (χ2n) is 16.5. The molecule has 4 fully saturated rings. The average Bonchev–Trinajstić information content (AvgIpc) is 3.35. The fourth-order valence-electron chi connectivity index (χ4n) is 7.53. The molecule has 2 aromatic rings. The van der Waals surface area contributed by atoms with E-state index in [0.29, 0.717) is 29.6 Å². The first kappa shape index (κ1) is 36.7. The summed E-state index contributed by atoms with van der Waals surface area (Å²) >= 11 is 0. The van der Waals surface area contributed by atoms with Crippen molar-refractivity contribution in [2.45, 2.75) is 117 Å². The number of hydrogen-bond donors (Lipinski definition) is 2. The predicted octanol–water partition coefficient (Wildman–Crippen LogP) is 6.08. The van der Waals surface area contributed by atoms with Crippen LogP contribution in [0.15, 0.2) is 48.5 Å². The molecule has 2 N–H and O–H groups in total. The van der Waals surface area contributed by atoms with E-state index in [9.17, 15) is 14.4 Å². The topological polar surface area (TPSA) is 121 Å². The molecule has 1 saturated heterocycles. The maximum Gasteiger partial charge on any atom is 0.482 e. The van der Waals surface area contributed by atoms with Crippen molar-refractivity contribution in [1.29, 1.82) is 0 Å². The van der Waals surface area contributed by atoms with E-state index in [4.69, 9.17) is 23.5 Å². The zero-order valence-corrected chi connectivity index (χ0v) is 30.5. The average molecular weight is 677 g/mol. The highest BCUT2D eigenvalue weighted by Gasteiger charge is 2.68. The lowest BCUT2D eigenvalue weighted by Crippen LogP contribution is -2.65. The van der Waals surface area contributed by atoms with Crippen LogP contribution >= 0.6 is 0 Å². The van der Waals surface area contributed by atoms with Gasteiger partial charge in [0, 0.05) is 0 Å². The molecular weight excluding hydrogens is 623 g/mol. The van der Waals surface area contributed by atoms with Crippen LogP contribution in [0.2, 0.25) is 0 Å². The van der Waals surface area contributed by atoms with Crippen molar-refractivity contribution in [2.75, 3.05) is 13.2 Å². The van der Waals surface area contributed by atoms with Gasteiger partial charge in [-0.2, -0.15) is 0 Å². The molecule has 10 nitrogen and oxygen atoms in total. The number of nitrogens with one attached hydrogen (secondary N) is 2. The molecule has 3 saturated carbocycles. The smallest absolute Gasteiger partial charge is 0.482 e. The van der Waals surface area contributed by atoms with Gasteiger partial charge in [-0.1, -0.05) is 38.1 Å². The summed E-state index contributed by atoms with van der Waals surface area (Å²) in [6.45, 7) is 18.3. The molecule has 2 bridgehead atoms. The van der Waals surface area contributed by atoms with Crippen molar-refractivity contribution in [3.05, 3.63) is 65.2 Å². The van der Waals surface area contributed by atoms with E-state index in [1.807, 2.05) is 63.2 Å². The summed E-state index contributed by atoms with van der Waals surface area (Å²) in [6, 6.07) is 14.7. The summed E-state index contributed by atoms with van der Waals surface area (Å²) in [7, 11) is -0.647. The first-order valence-electron chi connectivity index (χ1n) is 17.5. The summed E-state index contributed by atoms with van der Waals surface area (Å²) in [5, 5.41) is 5.89. The molecule has 1 heterocycles. The number of rotatable bonds is 11. The number of ether oxygens (including phenoxy) is 3. The van der Waals surface area contributed by atoms with Crippen LogP contribution in [0.1, 0.15) is 96.6 Å². The van der Waals surface area contributed by atoms with Crippen molar-refractivity contribution in [3.63, 3.8) is 0 Å². The van der Waals surface area contributed by atoms with Crippen LogP contribution in [-0.2, 0) is 36.4 Å².